The number of ether oxygens (including phenoxy) is 5. The van der Waals surface area contributed by atoms with E-state index in [1.807, 2.05) is 13.8 Å². The summed E-state index contributed by atoms with van der Waals surface area (Å²) in [6.45, 7) is 8.45. The van der Waals surface area contributed by atoms with Gasteiger partial charge in [-0.25, -0.2) is 14.4 Å². The maximum absolute atomic E-state index is 12.6. The van der Waals surface area contributed by atoms with Crippen LogP contribution in [0.15, 0.2) is 84.7 Å². The third-order valence-electron chi connectivity index (χ3n) is 5.40. The van der Waals surface area contributed by atoms with Crippen LogP contribution in [0.3, 0.4) is 0 Å². The lowest BCUT2D eigenvalue weighted by Gasteiger charge is -2.09. The van der Waals surface area contributed by atoms with E-state index < -0.39 is 17.9 Å². The van der Waals surface area contributed by atoms with Gasteiger partial charge in [0.1, 0.15) is 17.3 Å². The van der Waals surface area contributed by atoms with Crippen LogP contribution < -0.4 is 9.47 Å². The van der Waals surface area contributed by atoms with Crippen LogP contribution in [-0.2, 0) is 19.0 Å². The molecule has 0 aliphatic heterocycles. The second-order valence-corrected chi connectivity index (χ2v) is 8.66. The molecule has 208 valence electrons. The fourth-order valence-corrected chi connectivity index (χ4v) is 3.21. The second-order valence-electron chi connectivity index (χ2n) is 8.66. The van der Waals surface area contributed by atoms with Crippen molar-refractivity contribution in [2.75, 3.05) is 26.9 Å². The molecule has 0 aliphatic carbocycles. The van der Waals surface area contributed by atoms with E-state index in [0.717, 1.165) is 37.3 Å². The Labute approximate surface area is 229 Å². The summed E-state index contributed by atoms with van der Waals surface area (Å²) in [4.78, 5) is 35.9. The van der Waals surface area contributed by atoms with Crippen LogP contribution >= 0.6 is 0 Å². The molecule has 0 saturated carbocycles. The minimum Gasteiger partial charge on any atom is -0.497 e. The minimum absolute atomic E-state index is 0.308. The van der Waals surface area contributed by atoms with E-state index in [4.69, 9.17) is 23.7 Å². The normalized spacial score (nSPS) is 10.5. The van der Waals surface area contributed by atoms with Crippen molar-refractivity contribution in [3.8, 4) is 11.5 Å². The molecule has 0 unspecified atom stereocenters. The predicted octanol–water partition coefficient (Wildman–Crippen LogP) is 6.23. The Hall–Kier alpha value is -4.17. The van der Waals surface area contributed by atoms with E-state index in [0.29, 0.717) is 48.2 Å². The molecule has 0 saturated heterocycles. The van der Waals surface area contributed by atoms with Gasteiger partial charge in [0.05, 0.1) is 31.5 Å². The van der Waals surface area contributed by atoms with Crippen molar-refractivity contribution >= 4 is 17.9 Å². The Kier molecular flexibility index (Phi) is 13.8. The highest BCUT2D eigenvalue weighted by molar-refractivity contribution is 5.92. The molecule has 2 aromatic rings. The van der Waals surface area contributed by atoms with Gasteiger partial charge in [-0.2, -0.15) is 0 Å². The van der Waals surface area contributed by atoms with Crippen LogP contribution in [0, 0.1) is 0 Å². The summed E-state index contributed by atoms with van der Waals surface area (Å²) in [5, 5.41) is 0. The smallest absolute Gasteiger partial charge is 0.343 e. The topological polar surface area (TPSA) is 97.4 Å². The van der Waals surface area contributed by atoms with Gasteiger partial charge in [-0.3, -0.25) is 0 Å². The van der Waals surface area contributed by atoms with Gasteiger partial charge in [-0.15, -0.1) is 0 Å². The fourth-order valence-electron chi connectivity index (χ4n) is 3.21. The third-order valence-corrected chi connectivity index (χ3v) is 5.40. The molecule has 0 bridgehead atoms. The molecule has 0 atom stereocenters. The van der Waals surface area contributed by atoms with Crippen LogP contribution in [0.4, 0.5) is 0 Å². The molecule has 0 heterocycles. The number of hydrogen-bond donors (Lipinski definition) is 0. The Balaban J connectivity index is 1.73. The van der Waals surface area contributed by atoms with Crippen molar-refractivity contribution in [1.29, 1.82) is 0 Å². The average molecular weight is 537 g/mol. The maximum atomic E-state index is 12.6. The van der Waals surface area contributed by atoms with Crippen LogP contribution in [0.1, 0.15) is 60.2 Å². The van der Waals surface area contributed by atoms with Crippen molar-refractivity contribution in [2.45, 2.75) is 39.5 Å². The Morgan fingerprint density at radius 1 is 0.795 bits per heavy atom. The number of unbranched alkanes of at least 4 members (excludes halogenated alkanes) is 3. The van der Waals surface area contributed by atoms with E-state index in [9.17, 15) is 14.4 Å². The molecule has 39 heavy (non-hydrogen) atoms. The summed E-state index contributed by atoms with van der Waals surface area (Å²) in [6, 6.07) is 12.7. The number of benzene rings is 2. The van der Waals surface area contributed by atoms with Crippen molar-refractivity contribution in [3.63, 3.8) is 0 Å². The van der Waals surface area contributed by atoms with Gasteiger partial charge in [-0.05, 0) is 93.3 Å². The van der Waals surface area contributed by atoms with Crippen LogP contribution in [0.2, 0.25) is 0 Å². The predicted molar refractivity (Wildman–Crippen MR) is 148 cm³/mol. The van der Waals surface area contributed by atoms with Crippen LogP contribution in [0.25, 0.3) is 0 Å². The molecule has 0 aliphatic rings. The number of esters is 3. The quantitative estimate of drug-likeness (QED) is 0.0622. The standard InChI is InChI=1S/C31H36O8/c1-5-29(32)37-22-9-7-6-8-20-36-21-10-11-28(23(2)3)39-31(34)25-14-18-27(19-15-25)38-30(33)24-12-16-26(35-4)17-13-24/h5,10-19H,1,6-9,20-22H2,2-4H3/b11-10-. The zero-order valence-electron chi connectivity index (χ0n) is 22.8. The van der Waals surface area contributed by atoms with E-state index in [1.165, 1.54) is 24.3 Å². The SMILES string of the molecule is C=CC(=O)OCCCCCCOC/C=C\C(OC(=O)c1ccc(OC(=O)c2ccc(OC)cc2)cc1)=C(C)C. The lowest BCUT2D eigenvalue weighted by atomic mass is 10.2. The van der Waals surface area contributed by atoms with Gasteiger partial charge in [0.15, 0.2) is 0 Å². The lowest BCUT2D eigenvalue weighted by Crippen LogP contribution is -2.09. The molecule has 2 aromatic carbocycles. The van der Waals surface area contributed by atoms with Crippen molar-refractivity contribution < 1.29 is 38.1 Å². The van der Waals surface area contributed by atoms with Gasteiger partial charge in [-0.1, -0.05) is 19.1 Å². The molecule has 8 heteroatoms. The van der Waals surface area contributed by atoms with E-state index in [2.05, 4.69) is 6.58 Å². The number of hydrogen-bond acceptors (Lipinski definition) is 8. The van der Waals surface area contributed by atoms with Gasteiger partial charge in [0.2, 0.25) is 0 Å². The first-order chi connectivity index (χ1) is 18.8. The van der Waals surface area contributed by atoms with Crippen LogP contribution in [-0.4, -0.2) is 44.8 Å². The number of methoxy groups -OCH3 is 1. The first kappa shape index (κ1) is 31.1. The lowest BCUT2D eigenvalue weighted by molar-refractivity contribution is -0.137. The summed E-state index contributed by atoms with van der Waals surface area (Å²) in [6.07, 6.45) is 8.31. The molecule has 0 aromatic heterocycles. The van der Waals surface area contributed by atoms with Gasteiger partial charge in [0.25, 0.3) is 0 Å². The highest BCUT2D eigenvalue weighted by Gasteiger charge is 2.12. The number of allylic oxidation sites excluding steroid dienone is 2. The zero-order chi connectivity index (χ0) is 28.5. The number of carbonyl (C=O) groups excluding carboxylic acids is 3. The first-order valence-corrected chi connectivity index (χ1v) is 12.7. The number of carbonyl (C=O) groups is 3. The first-order valence-electron chi connectivity index (χ1n) is 12.7. The summed E-state index contributed by atoms with van der Waals surface area (Å²) in [5.41, 5.74) is 1.54. The monoisotopic (exact) mass is 536 g/mol. The summed E-state index contributed by atoms with van der Waals surface area (Å²) in [7, 11) is 1.55. The summed E-state index contributed by atoms with van der Waals surface area (Å²) < 4.78 is 26.5. The Morgan fingerprint density at radius 2 is 1.38 bits per heavy atom. The van der Waals surface area contributed by atoms with Gasteiger partial charge < -0.3 is 23.7 Å². The van der Waals surface area contributed by atoms with Gasteiger partial charge in [0, 0.05) is 12.7 Å². The Morgan fingerprint density at radius 3 is 1.97 bits per heavy atom. The van der Waals surface area contributed by atoms with Crippen LogP contribution in [0.5, 0.6) is 11.5 Å². The Bertz CT molecular complexity index is 1140. The van der Waals surface area contributed by atoms with Gasteiger partial charge >= 0.3 is 17.9 Å². The molecule has 0 N–H and O–H groups in total. The molecule has 0 radical (unpaired) electrons. The molecule has 0 amide bonds. The van der Waals surface area contributed by atoms with Crippen molar-refractivity contribution in [2.24, 2.45) is 0 Å². The number of rotatable bonds is 16. The highest BCUT2D eigenvalue weighted by Crippen LogP contribution is 2.18. The third kappa shape index (κ3) is 11.8. The van der Waals surface area contributed by atoms with E-state index in [1.54, 1.807) is 43.5 Å². The van der Waals surface area contributed by atoms with Crippen molar-refractivity contribution in [3.05, 3.63) is 95.8 Å². The van der Waals surface area contributed by atoms with E-state index >= 15 is 0 Å². The molecular weight excluding hydrogens is 500 g/mol. The molecular formula is C31H36O8. The van der Waals surface area contributed by atoms with E-state index in [-0.39, 0.29) is 0 Å². The molecule has 0 spiro atoms. The largest absolute Gasteiger partial charge is 0.497 e. The summed E-state index contributed by atoms with van der Waals surface area (Å²) in [5.74, 6) is -0.0483. The highest BCUT2D eigenvalue weighted by atomic mass is 16.5. The average Bonchev–Trinajstić information content (AvgIpc) is 2.95. The minimum atomic E-state index is -0.524. The van der Waals surface area contributed by atoms with Crippen molar-refractivity contribution in [1.82, 2.24) is 0 Å². The maximum Gasteiger partial charge on any atom is 0.343 e. The fraction of sp³-hybridized carbons (Fsp3) is 0.323. The molecule has 8 nitrogen and oxygen atoms in total. The zero-order valence-corrected chi connectivity index (χ0v) is 22.8. The molecule has 0 fully saturated rings. The molecule has 2 rings (SSSR count). The summed E-state index contributed by atoms with van der Waals surface area (Å²) >= 11 is 0. The second kappa shape index (κ2) is 17.4.